The van der Waals surface area contributed by atoms with Crippen molar-refractivity contribution in [2.45, 2.75) is 20.1 Å². The molecular formula is C24H26Cl2N4O2. The molecule has 3 aromatic rings. The third kappa shape index (κ3) is 5.44. The van der Waals surface area contributed by atoms with Gasteiger partial charge in [0.05, 0.1) is 10.7 Å². The van der Waals surface area contributed by atoms with Crippen LogP contribution in [0, 0.1) is 6.92 Å². The molecule has 8 heteroatoms. The highest BCUT2D eigenvalue weighted by molar-refractivity contribution is 6.35. The molecule has 0 saturated carbocycles. The Bertz CT molecular complexity index is 1090. The molecule has 4 rings (SSSR count). The Kier molecular flexibility index (Phi) is 7.04. The van der Waals surface area contributed by atoms with E-state index in [1.54, 1.807) is 18.2 Å². The molecule has 0 spiro atoms. The number of piperazine rings is 1. The first-order valence-electron chi connectivity index (χ1n) is 10.6. The summed E-state index contributed by atoms with van der Waals surface area (Å²) >= 11 is 12.1. The molecule has 0 bridgehead atoms. The van der Waals surface area contributed by atoms with Gasteiger partial charge < -0.3 is 9.64 Å². The van der Waals surface area contributed by atoms with Crippen molar-refractivity contribution in [3.05, 3.63) is 81.1 Å². The molecule has 1 aliphatic heterocycles. The van der Waals surface area contributed by atoms with Gasteiger partial charge >= 0.3 is 0 Å². The second kappa shape index (κ2) is 9.94. The molecule has 1 aromatic heterocycles. The SMILES string of the molecule is Cc1nn(C)cc1CN1CCN(C(=O)c2ccc(COc3ccc(Cl)cc3Cl)cc2)CC1. The molecule has 2 aromatic carbocycles. The summed E-state index contributed by atoms with van der Waals surface area (Å²) in [5.74, 6) is 0.644. The molecule has 1 aliphatic rings. The number of carbonyl (C=O) groups is 1. The van der Waals surface area contributed by atoms with E-state index >= 15 is 0 Å². The molecule has 0 N–H and O–H groups in total. The maximum absolute atomic E-state index is 12.9. The van der Waals surface area contributed by atoms with Crippen molar-refractivity contribution in [1.29, 1.82) is 0 Å². The first-order valence-corrected chi connectivity index (χ1v) is 11.3. The fourth-order valence-corrected chi connectivity index (χ4v) is 4.30. The van der Waals surface area contributed by atoms with Crippen LogP contribution in [0.2, 0.25) is 10.0 Å². The molecule has 168 valence electrons. The van der Waals surface area contributed by atoms with Gasteiger partial charge in [-0.3, -0.25) is 14.4 Å². The minimum absolute atomic E-state index is 0.0652. The lowest BCUT2D eigenvalue weighted by Gasteiger charge is -2.34. The van der Waals surface area contributed by atoms with Gasteiger partial charge in [0.25, 0.3) is 5.91 Å². The molecule has 2 heterocycles. The van der Waals surface area contributed by atoms with Crippen LogP contribution in [-0.4, -0.2) is 51.7 Å². The predicted molar refractivity (Wildman–Crippen MR) is 126 cm³/mol. The van der Waals surface area contributed by atoms with Gasteiger partial charge in [0.1, 0.15) is 12.4 Å². The molecule has 1 amide bonds. The highest BCUT2D eigenvalue weighted by atomic mass is 35.5. The molecule has 1 fully saturated rings. The predicted octanol–water partition coefficient (Wildman–Crippen LogP) is 4.57. The molecule has 1 saturated heterocycles. The lowest BCUT2D eigenvalue weighted by molar-refractivity contribution is 0.0628. The number of amides is 1. The molecule has 0 radical (unpaired) electrons. The van der Waals surface area contributed by atoms with Crippen molar-refractivity contribution >= 4 is 29.1 Å². The van der Waals surface area contributed by atoms with Crippen molar-refractivity contribution in [2.75, 3.05) is 26.2 Å². The van der Waals surface area contributed by atoms with E-state index in [9.17, 15) is 4.79 Å². The summed E-state index contributed by atoms with van der Waals surface area (Å²) in [5, 5.41) is 5.45. The fraction of sp³-hybridized carbons (Fsp3) is 0.333. The van der Waals surface area contributed by atoms with Gasteiger partial charge in [-0.1, -0.05) is 35.3 Å². The number of benzene rings is 2. The summed E-state index contributed by atoms with van der Waals surface area (Å²) < 4.78 is 7.62. The van der Waals surface area contributed by atoms with E-state index in [1.165, 1.54) is 5.56 Å². The second-order valence-electron chi connectivity index (χ2n) is 8.04. The number of carbonyl (C=O) groups excluding carboxylic acids is 1. The van der Waals surface area contributed by atoms with Gasteiger partial charge in [0, 0.05) is 62.1 Å². The number of rotatable bonds is 6. The zero-order valence-corrected chi connectivity index (χ0v) is 19.7. The van der Waals surface area contributed by atoms with Crippen LogP contribution in [0.4, 0.5) is 0 Å². The number of aromatic nitrogens is 2. The standard InChI is InChI=1S/C24H26Cl2N4O2/c1-17-20(14-28(2)27-17)15-29-9-11-30(12-10-29)24(31)19-5-3-18(4-6-19)16-32-23-8-7-21(25)13-22(23)26/h3-8,13-14H,9-12,15-16H2,1-2H3. The maximum atomic E-state index is 12.9. The second-order valence-corrected chi connectivity index (χ2v) is 8.89. The highest BCUT2D eigenvalue weighted by Crippen LogP contribution is 2.28. The van der Waals surface area contributed by atoms with Gasteiger partial charge in [-0.25, -0.2) is 0 Å². The van der Waals surface area contributed by atoms with Gasteiger partial charge in [-0.05, 0) is 42.8 Å². The van der Waals surface area contributed by atoms with Gasteiger partial charge in [0.2, 0.25) is 0 Å². The van der Waals surface area contributed by atoms with Crippen molar-refractivity contribution in [3.8, 4) is 5.75 Å². The Morgan fingerprint density at radius 3 is 2.41 bits per heavy atom. The summed E-state index contributed by atoms with van der Waals surface area (Å²) in [4.78, 5) is 17.2. The van der Waals surface area contributed by atoms with Gasteiger partial charge in [-0.15, -0.1) is 0 Å². The smallest absolute Gasteiger partial charge is 0.253 e. The maximum Gasteiger partial charge on any atom is 0.253 e. The molecule has 0 aliphatic carbocycles. The number of hydrogen-bond acceptors (Lipinski definition) is 4. The summed E-state index contributed by atoms with van der Waals surface area (Å²) in [7, 11) is 1.94. The fourth-order valence-electron chi connectivity index (χ4n) is 3.83. The van der Waals surface area contributed by atoms with Crippen LogP contribution in [0.1, 0.15) is 27.2 Å². The van der Waals surface area contributed by atoms with Crippen LogP contribution < -0.4 is 4.74 Å². The van der Waals surface area contributed by atoms with Crippen LogP contribution in [-0.2, 0) is 20.2 Å². The minimum Gasteiger partial charge on any atom is -0.487 e. The van der Waals surface area contributed by atoms with Crippen LogP contribution in [0.3, 0.4) is 0 Å². The summed E-state index contributed by atoms with van der Waals surface area (Å²) in [6.45, 7) is 6.42. The Morgan fingerprint density at radius 2 is 1.78 bits per heavy atom. The Labute approximate surface area is 198 Å². The number of aryl methyl sites for hydroxylation is 2. The van der Waals surface area contributed by atoms with Crippen LogP contribution in [0.25, 0.3) is 0 Å². The molecule has 0 atom stereocenters. The molecule has 0 unspecified atom stereocenters. The van der Waals surface area contributed by atoms with Crippen molar-refractivity contribution in [1.82, 2.24) is 19.6 Å². The van der Waals surface area contributed by atoms with Crippen LogP contribution >= 0.6 is 23.2 Å². The normalized spacial score (nSPS) is 14.6. The van der Waals surface area contributed by atoms with Crippen molar-refractivity contribution in [3.63, 3.8) is 0 Å². The number of hydrogen-bond donors (Lipinski definition) is 0. The van der Waals surface area contributed by atoms with E-state index in [-0.39, 0.29) is 5.91 Å². The van der Waals surface area contributed by atoms with E-state index in [4.69, 9.17) is 27.9 Å². The summed E-state index contributed by atoms with van der Waals surface area (Å²) in [5.41, 5.74) is 3.96. The van der Waals surface area contributed by atoms with Gasteiger partial charge in [0.15, 0.2) is 0 Å². The molecular weight excluding hydrogens is 447 g/mol. The third-order valence-electron chi connectivity index (χ3n) is 5.66. The summed E-state index contributed by atoms with van der Waals surface area (Å²) in [6, 6.07) is 12.7. The first-order chi connectivity index (χ1) is 15.4. The van der Waals surface area contributed by atoms with E-state index in [0.717, 1.165) is 44.0 Å². The van der Waals surface area contributed by atoms with E-state index in [0.29, 0.717) is 28.0 Å². The Balaban J connectivity index is 1.28. The highest BCUT2D eigenvalue weighted by Gasteiger charge is 2.23. The lowest BCUT2D eigenvalue weighted by atomic mass is 10.1. The number of halogens is 2. The Hall–Kier alpha value is -2.54. The monoisotopic (exact) mass is 472 g/mol. The topological polar surface area (TPSA) is 50.6 Å². The van der Waals surface area contributed by atoms with Gasteiger partial charge in [-0.2, -0.15) is 5.10 Å². The Morgan fingerprint density at radius 1 is 1.06 bits per heavy atom. The first kappa shape index (κ1) is 22.6. The number of ether oxygens (including phenoxy) is 1. The molecule has 32 heavy (non-hydrogen) atoms. The minimum atomic E-state index is 0.0652. The zero-order valence-electron chi connectivity index (χ0n) is 18.2. The quantitative estimate of drug-likeness (QED) is 0.526. The zero-order chi connectivity index (χ0) is 22.7. The number of nitrogens with zero attached hydrogens (tertiary/aromatic N) is 4. The van der Waals surface area contributed by atoms with E-state index < -0.39 is 0 Å². The van der Waals surface area contributed by atoms with Crippen molar-refractivity contribution < 1.29 is 9.53 Å². The average molecular weight is 473 g/mol. The average Bonchev–Trinajstić information content (AvgIpc) is 3.10. The van der Waals surface area contributed by atoms with E-state index in [1.807, 2.05) is 47.8 Å². The molecule has 6 nitrogen and oxygen atoms in total. The largest absolute Gasteiger partial charge is 0.487 e. The van der Waals surface area contributed by atoms with Crippen LogP contribution in [0.5, 0.6) is 5.75 Å². The van der Waals surface area contributed by atoms with E-state index in [2.05, 4.69) is 16.2 Å². The summed E-state index contributed by atoms with van der Waals surface area (Å²) in [6.07, 6.45) is 2.07. The van der Waals surface area contributed by atoms with Crippen molar-refractivity contribution in [2.24, 2.45) is 7.05 Å². The lowest BCUT2D eigenvalue weighted by Crippen LogP contribution is -2.48. The third-order valence-corrected chi connectivity index (χ3v) is 6.19. The van der Waals surface area contributed by atoms with Crippen LogP contribution in [0.15, 0.2) is 48.7 Å².